The maximum absolute atomic E-state index is 11.1. The smallest absolute Gasteiger partial charge is 0.320 e. The van der Waals surface area contributed by atoms with Gasteiger partial charge in [-0.2, -0.15) is 4.37 Å². The Morgan fingerprint density at radius 1 is 1.64 bits per heavy atom. The van der Waals surface area contributed by atoms with Crippen LogP contribution < -0.4 is 4.72 Å². The Morgan fingerprint density at radius 2 is 2.29 bits per heavy atom. The summed E-state index contributed by atoms with van der Waals surface area (Å²) in [6, 6.07) is 0. The third kappa shape index (κ3) is 3.26. The van der Waals surface area contributed by atoms with Crippen LogP contribution >= 0.6 is 11.5 Å². The Hall–Kier alpha value is -1.22. The van der Waals surface area contributed by atoms with Gasteiger partial charge in [-0.15, -0.1) is 0 Å². The molecule has 9 heteroatoms. The molecule has 0 radical (unpaired) electrons. The SMILES string of the molecule is Cc1nsc(NS(=O)(=O)CC(=O)O)n1. The van der Waals surface area contributed by atoms with E-state index in [2.05, 4.69) is 9.36 Å². The van der Waals surface area contributed by atoms with E-state index in [9.17, 15) is 13.2 Å². The Bertz CT molecular complexity index is 438. The summed E-state index contributed by atoms with van der Waals surface area (Å²) in [5, 5.41) is 8.35. The van der Waals surface area contributed by atoms with Crippen molar-refractivity contribution < 1.29 is 18.3 Å². The number of rotatable bonds is 4. The Kier molecular flexibility index (Phi) is 3.01. The molecule has 1 heterocycles. The Morgan fingerprint density at radius 3 is 2.71 bits per heavy atom. The number of nitrogens with one attached hydrogen (secondary N) is 1. The summed E-state index contributed by atoms with van der Waals surface area (Å²) in [4.78, 5) is 13.9. The van der Waals surface area contributed by atoms with Gasteiger partial charge >= 0.3 is 5.97 Å². The van der Waals surface area contributed by atoms with E-state index in [0.717, 1.165) is 11.5 Å². The van der Waals surface area contributed by atoms with Crippen LogP contribution in [0.15, 0.2) is 0 Å². The van der Waals surface area contributed by atoms with Crippen molar-refractivity contribution in [1.29, 1.82) is 0 Å². The highest BCUT2D eigenvalue weighted by Gasteiger charge is 2.17. The minimum absolute atomic E-state index is 0.0729. The number of sulfonamides is 1. The number of carbonyl (C=O) groups is 1. The van der Waals surface area contributed by atoms with E-state index in [1.54, 1.807) is 6.92 Å². The summed E-state index contributed by atoms with van der Waals surface area (Å²) in [5.41, 5.74) is 0. The lowest BCUT2D eigenvalue weighted by Crippen LogP contribution is -2.22. The first-order valence-electron chi connectivity index (χ1n) is 3.41. The van der Waals surface area contributed by atoms with Gasteiger partial charge in [-0.05, 0) is 6.92 Å². The van der Waals surface area contributed by atoms with E-state index < -0.39 is 21.7 Å². The highest BCUT2D eigenvalue weighted by molar-refractivity contribution is 7.93. The maximum Gasteiger partial charge on any atom is 0.320 e. The number of hydrogen-bond donors (Lipinski definition) is 2. The first kappa shape index (κ1) is 10.9. The topological polar surface area (TPSA) is 109 Å². The lowest BCUT2D eigenvalue weighted by Gasteiger charge is -1.99. The third-order valence-electron chi connectivity index (χ3n) is 1.08. The molecule has 1 rings (SSSR count). The lowest BCUT2D eigenvalue weighted by atomic mass is 10.8. The molecule has 0 aliphatic carbocycles. The van der Waals surface area contributed by atoms with Gasteiger partial charge in [0.25, 0.3) is 0 Å². The fraction of sp³-hybridized carbons (Fsp3) is 0.400. The van der Waals surface area contributed by atoms with Crippen LogP contribution in [0.3, 0.4) is 0 Å². The zero-order chi connectivity index (χ0) is 10.8. The molecule has 14 heavy (non-hydrogen) atoms. The molecule has 0 saturated heterocycles. The normalized spacial score (nSPS) is 11.2. The summed E-state index contributed by atoms with van der Waals surface area (Å²) >= 11 is 0.859. The van der Waals surface area contributed by atoms with Crippen LogP contribution in [-0.2, 0) is 14.8 Å². The summed E-state index contributed by atoms with van der Waals surface area (Å²) in [6.07, 6.45) is 0. The second-order valence-corrected chi connectivity index (χ2v) is 4.88. The standard InChI is InChI=1S/C5H7N3O4S2/c1-3-6-5(13-7-3)8-14(11,12)2-4(9)10/h2H2,1H3,(H,9,10)(H,6,7,8). The van der Waals surface area contributed by atoms with Crippen LogP contribution in [0, 0.1) is 6.92 Å². The Balaban J connectivity index is 2.73. The van der Waals surface area contributed by atoms with E-state index in [4.69, 9.17) is 5.11 Å². The number of aryl methyl sites for hydroxylation is 1. The summed E-state index contributed by atoms with van der Waals surface area (Å²) < 4.78 is 27.9. The van der Waals surface area contributed by atoms with Gasteiger partial charge in [0.05, 0.1) is 0 Å². The zero-order valence-electron chi connectivity index (χ0n) is 7.09. The van der Waals surface area contributed by atoms with Crippen LogP contribution in [-0.4, -0.2) is 34.6 Å². The second-order valence-electron chi connectivity index (χ2n) is 2.40. The minimum atomic E-state index is -3.86. The van der Waals surface area contributed by atoms with E-state index in [1.165, 1.54) is 0 Å². The Labute approximate surface area is 84.0 Å². The fourth-order valence-electron chi connectivity index (χ4n) is 0.670. The highest BCUT2D eigenvalue weighted by Crippen LogP contribution is 2.11. The monoisotopic (exact) mass is 237 g/mol. The van der Waals surface area contributed by atoms with Crippen LogP contribution in [0.2, 0.25) is 0 Å². The molecule has 0 spiro atoms. The molecule has 0 aliphatic rings. The number of nitrogens with zero attached hydrogens (tertiary/aromatic N) is 2. The molecule has 0 aromatic carbocycles. The number of carboxylic acid groups (broad SMARTS) is 1. The molecular weight excluding hydrogens is 230 g/mol. The molecule has 0 saturated carbocycles. The van der Waals surface area contributed by atoms with Crippen LogP contribution in [0.25, 0.3) is 0 Å². The van der Waals surface area contributed by atoms with Crippen molar-refractivity contribution in [2.75, 3.05) is 10.5 Å². The number of anilines is 1. The van der Waals surface area contributed by atoms with E-state index >= 15 is 0 Å². The second kappa shape index (κ2) is 3.88. The summed E-state index contributed by atoms with van der Waals surface area (Å²) in [7, 11) is -3.86. The minimum Gasteiger partial charge on any atom is -0.480 e. The quantitative estimate of drug-likeness (QED) is 0.742. The van der Waals surface area contributed by atoms with Crippen LogP contribution in [0.4, 0.5) is 5.13 Å². The van der Waals surface area contributed by atoms with Crippen molar-refractivity contribution in [3.05, 3.63) is 5.82 Å². The van der Waals surface area contributed by atoms with Gasteiger partial charge in [0.1, 0.15) is 5.82 Å². The van der Waals surface area contributed by atoms with Crippen molar-refractivity contribution in [3.8, 4) is 0 Å². The molecule has 7 nitrogen and oxygen atoms in total. The fourth-order valence-corrected chi connectivity index (χ4v) is 2.34. The average Bonchev–Trinajstić information content (AvgIpc) is 2.30. The van der Waals surface area contributed by atoms with E-state index in [-0.39, 0.29) is 5.13 Å². The molecule has 78 valence electrons. The predicted molar refractivity (Wildman–Crippen MR) is 49.7 cm³/mol. The van der Waals surface area contributed by atoms with Crippen molar-refractivity contribution in [2.45, 2.75) is 6.92 Å². The molecule has 0 fully saturated rings. The van der Waals surface area contributed by atoms with Gasteiger partial charge in [-0.3, -0.25) is 9.52 Å². The first-order chi connectivity index (χ1) is 6.39. The summed E-state index contributed by atoms with van der Waals surface area (Å²) in [5.74, 6) is -1.97. The molecule has 0 atom stereocenters. The van der Waals surface area contributed by atoms with Crippen molar-refractivity contribution in [1.82, 2.24) is 9.36 Å². The zero-order valence-corrected chi connectivity index (χ0v) is 8.72. The average molecular weight is 237 g/mol. The largest absolute Gasteiger partial charge is 0.480 e. The number of aromatic nitrogens is 2. The number of carboxylic acids is 1. The third-order valence-corrected chi connectivity index (χ3v) is 3.07. The maximum atomic E-state index is 11.1. The van der Waals surface area contributed by atoms with Gasteiger partial charge in [0.15, 0.2) is 5.75 Å². The van der Waals surface area contributed by atoms with Gasteiger partial charge in [0.2, 0.25) is 15.2 Å². The molecule has 2 N–H and O–H groups in total. The van der Waals surface area contributed by atoms with Crippen molar-refractivity contribution in [2.24, 2.45) is 0 Å². The molecular formula is C5H7N3O4S2. The highest BCUT2D eigenvalue weighted by atomic mass is 32.2. The van der Waals surface area contributed by atoms with E-state index in [1.807, 2.05) is 4.72 Å². The van der Waals surface area contributed by atoms with Gasteiger partial charge in [0, 0.05) is 11.5 Å². The molecule has 0 amide bonds. The van der Waals surface area contributed by atoms with Crippen LogP contribution in [0.5, 0.6) is 0 Å². The predicted octanol–water partition coefficient (Wildman–Crippen LogP) is -0.327. The van der Waals surface area contributed by atoms with Crippen LogP contribution in [0.1, 0.15) is 5.82 Å². The molecule has 1 aromatic rings. The van der Waals surface area contributed by atoms with E-state index in [0.29, 0.717) is 5.82 Å². The van der Waals surface area contributed by atoms with Crippen molar-refractivity contribution in [3.63, 3.8) is 0 Å². The first-order valence-corrected chi connectivity index (χ1v) is 5.84. The molecule has 0 aliphatic heterocycles. The van der Waals surface area contributed by atoms with Gasteiger partial charge < -0.3 is 5.11 Å². The summed E-state index contributed by atoms with van der Waals surface area (Å²) in [6.45, 7) is 1.60. The number of aliphatic carboxylic acids is 1. The van der Waals surface area contributed by atoms with Crippen molar-refractivity contribution >= 4 is 32.7 Å². The van der Waals surface area contributed by atoms with Gasteiger partial charge in [-0.1, -0.05) is 0 Å². The molecule has 0 unspecified atom stereocenters. The van der Waals surface area contributed by atoms with Gasteiger partial charge in [-0.25, -0.2) is 13.4 Å². The lowest BCUT2D eigenvalue weighted by molar-refractivity contribution is -0.134. The molecule has 1 aromatic heterocycles. The number of hydrogen-bond acceptors (Lipinski definition) is 6. The molecule has 0 bridgehead atoms.